The van der Waals surface area contributed by atoms with Gasteiger partial charge in [0.05, 0.1) is 30.6 Å². The molecule has 0 radical (unpaired) electrons. The summed E-state index contributed by atoms with van der Waals surface area (Å²) in [6, 6.07) is 3.73. The van der Waals surface area contributed by atoms with E-state index >= 15 is 0 Å². The minimum atomic E-state index is -9.97. The van der Waals surface area contributed by atoms with E-state index in [9.17, 15) is 43.3 Å². The summed E-state index contributed by atoms with van der Waals surface area (Å²) in [5, 5.41) is 14.3. The Hall–Kier alpha value is -3.62. The number of carbonyl (C=O) groups excluding carboxylic acids is 2. The predicted octanol–water partition coefficient (Wildman–Crippen LogP) is 7.30. The lowest BCUT2D eigenvalue weighted by Crippen LogP contribution is -2.48. The number of benzene rings is 2. The molecule has 15 heteroatoms. The van der Waals surface area contributed by atoms with Crippen LogP contribution in [-0.4, -0.2) is 42.1 Å². The van der Waals surface area contributed by atoms with Gasteiger partial charge in [-0.15, -0.1) is 0 Å². The molecule has 3 aliphatic carbocycles. The fourth-order valence-electron chi connectivity index (χ4n) is 6.72. The molecular weight excluding hydrogens is 618 g/mol. The highest BCUT2D eigenvalue weighted by molar-refractivity contribution is 8.45. The second kappa shape index (κ2) is 10.8. The van der Waals surface area contributed by atoms with Crippen molar-refractivity contribution in [3.8, 4) is 11.5 Å². The number of rotatable bonds is 9. The summed E-state index contributed by atoms with van der Waals surface area (Å²) in [7, 11) is -8.73. The number of carbonyl (C=O) groups is 3. The molecule has 2 bridgehead atoms. The number of halogens is 6. The van der Waals surface area contributed by atoms with E-state index in [0.29, 0.717) is 44.9 Å². The fraction of sp³-hybridized carbons (Fsp3) is 0.483. The first-order chi connectivity index (χ1) is 20.4. The number of nitrogens with one attached hydrogen (secondary N) is 2. The number of ether oxygens (including phenoxy) is 2. The lowest BCUT2D eigenvalue weighted by atomic mass is 9.83. The second-order valence-corrected chi connectivity index (χ2v) is 14.2. The Kier molecular flexibility index (Phi) is 7.78. The normalized spacial score (nSPS) is 28.0. The molecule has 3 aliphatic rings. The fourth-order valence-corrected chi connectivity index (χ4v) is 7.41. The molecule has 5 rings (SSSR count). The van der Waals surface area contributed by atoms with E-state index in [1.165, 1.54) is 13.2 Å². The highest BCUT2D eigenvalue weighted by atomic mass is 32.5. The maximum atomic E-state index is 14.9. The standard InChI is InChI=1S/C29H32F6N2O6S/c1-42-23-14-22(30)24(43-19-9-7-15(8-10-19)29(40)41)13-21(23)27(38)37-26-17-6-5-16(11-17)25(26)28(39)36-18-3-2-4-20(12-18)44(31,32,33,34)35/h2-4,12-17,19,25-26H,5-11H2,1H3,(H,36,39)(H,37,38)(H,40,41)/t15?,16-,17+,19?,25-,26+/m1/s1. The van der Waals surface area contributed by atoms with Gasteiger partial charge in [-0.2, -0.15) is 0 Å². The highest BCUT2D eigenvalue weighted by Crippen LogP contribution is 3.02. The first kappa shape index (κ1) is 31.8. The van der Waals surface area contributed by atoms with Crippen LogP contribution in [0, 0.1) is 29.5 Å². The highest BCUT2D eigenvalue weighted by Gasteiger charge is 2.65. The van der Waals surface area contributed by atoms with Gasteiger partial charge in [0, 0.05) is 17.8 Å². The Labute approximate surface area is 249 Å². The molecule has 8 nitrogen and oxygen atoms in total. The number of hydrogen-bond acceptors (Lipinski definition) is 5. The second-order valence-electron chi connectivity index (χ2n) is 11.8. The average molecular weight is 651 g/mol. The van der Waals surface area contributed by atoms with Crippen molar-refractivity contribution in [3.05, 3.63) is 47.8 Å². The summed E-state index contributed by atoms with van der Waals surface area (Å²) in [5.74, 6) is -5.09. The van der Waals surface area contributed by atoms with Crippen LogP contribution in [0.4, 0.5) is 29.5 Å². The van der Waals surface area contributed by atoms with Crippen molar-refractivity contribution in [2.45, 2.75) is 62.0 Å². The van der Waals surface area contributed by atoms with E-state index in [-0.39, 0.29) is 41.0 Å². The van der Waals surface area contributed by atoms with Crippen molar-refractivity contribution < 1.29 is 52.8 Å². The molecule has 44 heavy (non-hydrogen) atoms. The first-order valence-electron chi connectivity index (χ1n) is 14.2. The quantitative estimate of drug-likeness (QED) is 0.246. The third-order valence-corrected chi connectivity index (χ3v) is 10.0. The van der Waals surface area contributed by atoms with Gasteiger partial charge in [0.15, 0.2) is 11.6 Å². The summed E-state index contributed by atoms with van der Waals surface area (Å²) in [4.78, 5) is 35.9. The lowest BCUT2D eigenvalue weighted by Gasteiger charge is -2.40. The smallest absolute Gasteiger partial charge is 0.310 e. The van der Waals surface area contributed by atoms with Gasteiger partial charge in [-0.3, -0.25) is 14.4 Å². The van der Waals surface area contributed by atoms with Crippen molar-refractivity contribution in [2.24, 2.45) is 23.7 Å². The van der Waals surface area contributed by atoms with Crippen LogP contribution in [0.1, 0.15) is 55.3 Å². The molecule has 2 aromatic rings. The SMILES string of the molecule is COc1cc(F)c(OC2CCC(C(=O)O)CC2)cc1C(=O)N[C@H]1[C@H]2CC[C@H](C2)[C@H]1C(=O)Nc1cccc(S(F)(F)(F)(F)F)c1. The average Bonchev–Trinajstić information content (AvgIpc) is 3.55. The molecule has 0 heterocycles. The van der Waals surface area contributed by atoms with Gasteiger partial charge >= 0.3 is 16.2 Å². The molecule has 0 aliphatic heterocycles. The van der Waals surface area contributed by atoms with Crippen LogP contribution in [0.5, 0.6) is 11.5 Å². The number of hydrogen-bond donors (Lipinski definition) is 3. The van der Waals surface area contributed by atoms with Crippen molar-refractivity contribution in [2.75, 3.05) is 12.4 Å². The van der Waals surface area contributed by atoms with Gasteiger partial charge in [-0.05, 0) is 81.0 Å². The molecule has 0 aromatic heterocycles. The van der Waals surface area contributed by atoms with Gasteiger partial charge in [-0.25, -0.2) is 4.39 Å². The van der Waals surface area contributed by atoms with Crippen LogP contribution in [0.2, 0.25) is 0 Å². The number of carboxylic acid groups (broad SMARTS) is 1. The van der Waals surface area contributed by atoms with E-state index in [1.807, 2.05) is 0 Å². The van der Waals surface area contributed by atoms with Crippen LogP contribution in [0.15, 0.2) is 41.3 Å². The zero-order valence-corrected chi connectivity index (χ0v) is 24.4. The van der Waals surface area contributed by atoms with Gasteiger partial charge in [0.1, 0.15) is 10.6 Å². The molecule has 2 aromatic carbocycles. The minimum Gasteiger partial charge on any atom is -0.496 e. The number of carboxylic acids is 1. The van der Waals surface area contributed by atoms with E-state index in [1.54, 1.807) is 0 Å². The summed E-state index contributed by atoms with van der Waals surface area (Å²) in [6.07, 6.45) is 2.94. The number of amides is 2. The van der Waals surface area contributed by atoms with Crippen molar-refractivity contribution in [1.29, 1.82) is 0 Å². The number of anilines is 1. The van der Waals surface area contributed by atoms with Crippen LogP contribution >= 0.6 is 10.2 Å². The number of methoxy groups -OCH3 is 1. The molecule has 2 amide bonds. The summed E-state index contributed by atoms with van der Waals surface area (Å²) in [5.41, 5.74) is -0.526. The monoisotopic (exact) mass is 650 g/mol. The largest absolute Gasteiger partial charge is 0.496 e. The van der Waals surface area contributed by atoms with Gasteiger partial charge in [0.25, 0.3) is 5.91 Å². The Morgan fingerprint density at radius 2 is 1.59 bits per heavy atom. The molecule has 242 valence electrons. The zero-order valence-electron chi connectivity index (χ0n) is 23.5. The molecule has 3 fully saturated rings. The zero-order chi connectivity index (χ0) is 32.1. The van der Waals surface area contributed by atoms with Crippen LogP contribution < -0.4 is 20.1 Å². The van der Waals surface area contributed by atoms with E-state index in [0.717, 1.165) is 18.2 Å². The van der Waals surface area contributed by atoms with Crippen molar-refractivity contribution in [1.82, 2.24) is 5.32 Å². The molecule has 0 spiro atoms. The Morgan fingerprint density at radius 1 is 0.909 bits per heavy atom. The van der Waals surface area contributed by atoms with Crippen LogP contribution in [-0.2, 0) is 9.59 Å². The third-order valence-electron chi connectivity index (χ3n) is 8.88. The maximum Gasteiger partial charge on any atom is 0.310 e. The van der Waals surface area contributed by atoms with Gasteiger partial charge in [0.2, 0.25) is 5.91 Å². The summed E-state index contributed by atoms with van der Waals surface area (Å²) >= 11 is 0. The van der Waals surface area contributed by atoms with Crippen LogP contribution in [0.3, 0.4) is 0 Å². The lowest BCUT2D eigenvalue weighted by molar-refractivity contribution is -0.143. The van der Waals surface area contributed by atoms with Crippen molar-refractivity contribution in [3.63, 3.8) is 0 Å². The maximum absolute atomic E-state index is 14.9. The van der Waals surface area contributed by atoms with Gasteiger partial charge < -0.3 is 25.2 Å². The molecular formula is C29H32F6N2O6S. The van der Waals surface area contributed by atoms with Crippen LogP contribution in [0.25, 0.3) is 0 Å². The third kappa shape index (κ3) is 6.71. The van der Waals surface area contributed by atoms with E-state index in [4.69, 9.17) is 9.47 Å². The Balaban J connectivity index is 1.33. The molecule has 3 saturated carbocycles. The topological polar surface area (TPSA) is 114 Å². The Bertz CT molecular complexity index is 1480. The first-order valence-corrected chi connectivity index (χ1v) is 16.1. The number of fused-ring (bicyclic) bond motifs is 2. The molecule has 4 atom stereocenters. The van der Waals surface area contributed by atoms with Crippen molar-refractivity contribution >= 4 is 33.7 Å². The Morgan fingerprint density at radius 3 is 2.23 bits per heavy atom. The van der Waals surface area contributed by atoms with E-state index in [2.05, 4.69) is 10.6 Å². The minimum absolute atomic E-state index is 0.0753. The summed E-state index contributed by atoms with van der Waals surface area (Å²) < 4.78 is 92.5. The summed E-state index contributed by atoms with van der Waals surface area (Å²) in [6.45, 7) is 0. The van der Waals surface area contributed by atoms with Gasteiger partial charge in [-0.1, -0.05) is 25.5 Å². The molecule has 0 saturated heterocycles. The molecule has 3 N–H and O–H groups in total. The predicted molar refractivity (Wildman–Crippen MR) is 149 cm³/mol. The number of aliphatic carboxylic acids is 1. The molecule has 0 unspecified atom stereocenters. The van der Waals surface area contributed by atoms with E-state index < -0.39 is 68.4 Å².